The zero-order valence-electron chi connectivity index (χ0n) is 16.6. The molecule has 3 rings (SSSR count). The number of ether oxygens (including phenoxy) is 1. The number of nitrogens with one attached hydrogen (secondary N) is 1. The zero-order valence-corrected chi connectivity index (χ0v) is 16.6. The Hall–Kier alpha value is -3.60. The van der Waals surface area contributed by atoms with Gasteiger partial charge in [-0.15, -0.1) is 0 Å². The molecule has 2 amide bonds. The monoisotopic (exact) mass is 433 g/mol. The summed E-state index contributed by atoms with van der Waals surface area (Å²) in [4.78, 5) is 28.9. The Morgan fingerprint density at radius 2 is 2.13 bits per heavy atom. The maximum Gasteiger partial charge on any atom is 0.256 e. The molecule has 0 spiro atoms. The van der Waals surface area contributed by atoms with E-state index in [9.17, 15) is 23.5 Å². The summed E-state index contributed by atoms with van der Waals surface area (Å²) in [5.41, 5.74) is 4.25. The minimum Gasteiger partial charge on any atom is -0.487 e. The van der Waals surface area contributed by atoms with Crippen LogP contribution in [0.2, 0.25) is 0 Å². The molecule has 0 aliphatic carbocycles. The Balaban J connectivity index is 1.90. The Bertz CT molecular complexity index is 1090. The van der Waals surface area contributed by atoms with Crippen molar-refractivity contribution in [1.82, 2.24) is 19.9 Å². The summed E-state index contributed by atoms with van der Waals surface area (Å²) in [7, 11) is 0. The fourth-order valence-electron chi connectivity index (χ4n) is 3.09. The van der Waals surface area contributed by atoms with Gasteiger partial charge in [-0.3, -0.25) is 14.6 Å². The molecular weight excluding hydrogens is 412 g/mol. The van der Waals surface area contributed by atoms with Crippen molar-refractivity contribution in [1.29, 1.82) is 0 Å². The third kappa shape index (κ3) is 4.77. The summed E-state index contributed by atoms with van der Waals surface area (Å²) in [5, 5.41) is 15.9. The number of pyridine rings is 2. The van der Waals surface area contributed by atoms with E-state index in [0.717, 1.165) is 0 Å². The largest absolute Gasteiger partial charge is 0.487 e. The van der Waals surface area contributed by atoms with E-state index in [4.69, 9.17) is 10.5 Å². The van der Waals surface area contributed by atoms with Crippen molar-refractivity contribution < 1.29 is 28.2 Å². The topological polar surface area (TPSA) is 132 Å². The number of hydrogen-bond acceptors (Lipinski definition) is 6. The molecule has 9 nitrogen and oxygen atoms in total. The van der Waals surface area contributed by atoms with E-state index in [-0.39, 0.29) is 17.9 Å². The first-order chi connectivity index (χ1) is 14.8. The van der Waals surface area contributed by atoms with Crippen molar-refractivity contribution in [2.75, 3.05) is 6.61 Å². The van der Waals surface area contributed by atoms with Crippen molar-refractivity contribution in [2.45, 2.75) is 31.9 Å². The van der Waals surface area contributed by atoms with Crippen LogP contribution in [0.25, 0.3) is 5.52 Å². The summed E-state index contributed by atoms with van der Waals surface area (Å²) in [6.07, 6.45) is -0.895. The summed E-state index contributed by atoms with van der Waals surface area (Å²) < 4.78 is 33.1. The third-order valence-corrected chi connectivity index (χ3v) is 4.72. The first-order valence-corrected chi connectivity index (χ1v) is 9.29. The van der Waals surface area contributed by atoms with Crippen LogP contribution in [0.3, 0.4) is 0 Å². The van der Waals surface area contributed by atoms with Gasteiger partial charge >= 0.3 is 0 Å². The Kier molecular flexibility index (Phi) is 6.44. The van der Waals surface area contributed by atoms with Crippen molar-refractivity contribution in [3.8, 4) is 5.75 Å². The fraction of sp³-hybridized carbons (Fsp3) is 0.300. The molecule has 0 aliphatic heterocycles. The van der Waals surface area contributed by atoms with Crippen LogP contribution < -0.4 is 15.8 Å². The number of aliphatic hydroxyl groups is 1. The van der Waals surface area contributed by atoms with E-state index in [1.807, 2.05) is 6.07 Å². The van der Waals surface area contributed by atoms with E-state index in [1.54, 1.807) is 43.6 Å². The van der Waals surface area contributed by atoms with E-state index < -0.39 is 36.8 Å². The summed E-state index contributed by atoms with van der Waals surface area (Å²) >= 11 is 0. The average Bonchev–Trinajstić information content (AvgIpc) is 3.07. The highest BCUT2D eigenvalue weighted by Gasteiger charge is 2.41. The molecule has 0 radical (unpaired) electrons. The number of aromatic nitrogens is 3. The fourth-order valence-corrected chi connectivity index (χ4v) is 3.09. The Morgan fingerprint density at radius 1 is 1.35 bits per heavy atom. The molecule has 164 valence electrons. The highest BCUT2D eigenvalue weighted by molar-refractivity contribution is 6.04. The zero-order chi connectivity index (χ0) is 22.6. The van der Waals surface area contributed by atoms with Crippen molar-refractivity contribution in [2.24, 2.45) is 5.73 Å². The van der Waals surface area contributed by atoms with Gasteiger partial charge in [-0.1, -0.05) is 6.07 Å². The number of carbonyl (C=O) groups excluding carboxylic acids is 2. The van der Waals surface area contributed by atoms with Crippen LogP contribution in [0, 0.1) is 6.92 Å². The molecule has 3 aromatic heterocycles. The van der Waals surface area contributed by atoms with Crippen molar-refractivity contribution >= 4 is 17.3 Å². The molecule has 11 heteroatoms. The van der Waals surface area contributed by atoms with E-state index in [2.05, 4.69) is 15.4 Å². The van der Waals surface area contributed by atoms with Gasteiger partial charge in [0.25, 0.3) is 5.91 Å². The maximum absolute atomic E-state index is 13.0. The lowest BCUT2D eigenvalue weighted by Gasteiger charge is -2.29. The van der Waals surface area contributed by atoms with Gasteiger partial charge in [0.2, 0.25) is 12.3 Å². The number of hydrogen-bond donors (Lipinski definition) is 3. The number of nitrogens with zero attached hydrogens (tertiary/aromatic N) is 3. The smallest absolute Gasteiger partial charge is 0.256 e. The number of carbonyl (C=O) groups is 2. The number of halogens is 2. The van der Waals surface area contributed by atoms with Crippen LogP contribution in [0.5, 0.6) is 5.75 Å². The summed E-state index contributed by atoms with van der Waals surface area (Å²) in [6.45, 7) is 0.665. The van der Waals surface area contributed by atoms with Gasteiger partial charge < -0.3 is 20.9 Å². The molecule has 3 heterocycles. The molecule has 0 aromatic carbocycles. The van der Waals surface area contributed by atoms with Crippen LogP contribution in [-0.4, -0.2) is 50.1 Å². The maximum atomic E-state index is 13.0. The van der Waals surface area contributed by atoms with Gasteiger partial charge in [0.1, 0.15) is 17.9 Å². The SMILES string of the molecule is Cc1nn2ccc(OCc3ccccn3)cc2c1C(=O)NC(CO)(CC(F)F)C(N)=O. The average molecular weight is 433 g/mol. The second-order valence-corrected chi connectivity index (χ2v) is 6.92. The first kappa shape index (κ1) is 22.1. The molecule has 0 fully saturated rings. The van der Waals surface area contributed by atoms with Gasteiger partial charge in [0.05, 0.1) is 29.1 Å². The third-order valence-electron chi connectivity index (χ3n) is 4.72. The quantitative estimate of drug-likeness (QED) is 0.465. The number of fused-ring (bicyclic) bond motifs is 1. The molecule has 0 bridgehead atoms. The first-order valence-electron chi connectivity index (χ1n) is 9.29. The summed E-state index contributed by atoms with van der Waals surface area (Å²) in [6, 6.07) is 8.59. The van der Waals surface area contributed by atoms with Gasteiger partial charge in [-0.25, -0.2) is 13.3 Å². The Morgan fingerprint density at radius 3 is 2.74 bits per heavy atom. The minimum atomic E-state index is -2.98. The second-order valence-electron chi connectivity index (χ2n) is 6.92. The van der Waals surface area contributed by atoms with Gasteiger partial charge in [0.15, 0.2) is 0 Å². The standard InChI is InChI=1S/C20H21F2N5O4/c1-12-17(18(29)25-20(11-28,19(23)30)9-16(21)22)15-8-14(5-7-27(15)26-12)31-10-13-4-2-3-6-24-13/h2-8,16,28H,9-11H2,1H3,(H2,23,30)(H,25,29). The summed E-state index contributed by atoms with van der Waals surface area (Å²) in [5.74, 6) is -1.72. The number of alkyl halides is 2. The number of nitrogens with two attached hydrogens (primary N) is 1. The van der Waals surface area contributed by atoms with E-state index in [1.165, 1.54) is 4.52 Å². The highest BCUT2D eigenvalue weighted by Crippen LogP contribution is 2.23. The lowest BCUT2D eigenvalue weighted by Crippen LogP contribution is -2.61. The lowest BCUT2D eigenvalue weighted by molar-refractivity contribution is -0.127. The predicted molar refractivity (Wildman–Crippen MR) is 106 cm³/mol. The van der Waals surface area contributed by atoms with Crippen molar-refractivity contribution in [3.05, 3.63) is 59.7 Å². The number of aryl methyl sites for hydroxylation is 1. The van der Waals surface area contributed by atoms with Gasteiger partial charge in [-0.05, 0) is 25.1 Å². The molecule has 0 saturated carbocycles. The number of primary amides is 1. The van der Waals surface area contributed by atoms with Crippen LogP contribution in [0.1, 0.15) is 28.2 Å². The number of aliphatic hydroxyl groups excluding tert-OH is 1. The van der Waals surface area contributed by atoms with Crippen molar-refractivity contribution in [3.63, 3.8) is 0 Å². The number of amides is 2. The molecule has 0 aliphatic rings. The highest BCUT2D eigenvalue weighted by atomic mass is 19.3. The lowest BCUT2D eigenvalue weighted by atomic mass is 9.94. The van der Waals surface area contributed by atoms with Crippen LogP contribution in [0.15, 0.2) is 42.7 Å². The van der Waals surface area contributed by atoms with E-state index >= 15 is 0 Å². The van der Waals surface area contributed by atoms with E-state index in [0.29, 0.717) is 17.0 Å². The van der Waals surface area contributed by atoms with Crippen LogP contribution in [0.4, 0.5) is 8.78 Å². The molecule has 1 unspecified atom stereocenters. The Labute approximate surface area is 175 Å². The van der Waals surface area contributed by atoms with Crippen LogP contribution >= 0.6 is 0 Å². The molecule has 1 atom stereocenters. The molecular formula is C20H21F2N5O4. The molecule has 31 heavy (non-hydrogen) atoms. The second kappa shape index (κ2) is 9.04. The van der Waals surface area contributed by atoms with Crippen LogP contribution in [-0.2, 0) is 11.4 Å². The molecule has 0 saturated heterocycles. The van der Waals surface area contributed by atoms with Gasteiger partial charge in [-0.2, -0.15) is 5.10 Å². The van der Waals surface area contributed by atoms with Gasteiger partial charge in [0, 0.05) is 24.9 Å². The molecule has 3 aromatic rings. The predicted octanol–water partition coefficient (Wildman–Crippen LogP) is 1.22. The normalized spacial score (nSPS) is 13.2. The minimum absolute atomic E-state index is 0.0385. The molecule has 4 N–H and O–H groups in total. The number of rotatable bonds is 9.